The van der Waals surface area contributed by atoms with Gasteiger partial charge in [0.1, 0.15) is 11.9 Å². The maximum atomic E-state index is 8.92. The molecular formula is C15H20N2O. The summed E-state index contributed by atoms with van der Waals surface area (Å²) in [5.74, 6) is 1.02. The summed E-state index contributed by atoms with van der Waals surface area (Å²) in [7, 11) is 0. The predicted molar refractivity (Wildman–Crippen MR) is 71.4 cm³/mol. The van der Waals surface area contributed by atoms with Crippen molar-refractivity contribution in [1.82, 2.24) is 5.32 Å². The molecule has 0 saturated heterocycles. The topological polar surface area (TPSA) is 45.0 Å². The second-order valence-electron chi connectivity index (χ2n) is 5.50. The van der Waals surface area contributed by atoms with Gasteiger partial charge in [0.05, 0.1) is 11.5 Å². The van der Waals surface area contributed by atoms with Gasteiger partial charge in [-0.2, -0.15) is 5.26 Å². The second kappa shape index (κ2) is 5.41. The van der Waals surface area contributed by atoms with Crippen LogP contribution in [0.25, 0.3) is 0 Å². The summed E-state index contributed by atoms with van der Waals surface area (Å²) >= 11 is 0. The van der Waals surface area contributed by atoms with E-state index in [-0.39, 0.29) is 11.5 Å². The molecular weight excluding hydrogens is 224 g/mol. The van der Waals surface area contributed by atoms with Crippen LogP contribution in [0.15, 0.2) is 24.3 Å². The van der Waals surface area contributed by atoms with Crippen LogP contribution >= 0.6 is 0 Å². The SMILES string of the molecule is CC(C)(C#N)CCNCC1Cc2ccccc2O1. The van der Waals surface area contributed by atoms with E-state index in [0.717, 1.165) is 31.7 Å². The molecule has 1 aromatic carbocycles. The van der Waals surface area contributed by atoms with Gasteiger partial charge in [0.25, 0.3) is 0 Å². The van der Waals surface area contributed by atoms with Gasteiger partial charge in [-0.3, -0.25) is 0 Å². The van der Waals surface area contributed by atoms with Crippen LogP contribution in [0.1, 0.15) is 25.8 Å². The first kappa shape index (κ1) is 12.9. The maximum absolute atomic E-state index is 8.92. The van der Waals surface area contributed by atoms with Gasteiger partial charge in [-0.25, -0.2) is 0 Å². The zero-order valence-corrected chi connectivity index (χ0v) is 11.1. The highest BCUT2D eigenvalue weighted by Crippen LogP contribution is 2.27. The van der Waals surface area contributed by atoms with Crippen molar-refractivity contribution in [1.29, 1.82) is 5.26 Å². The van der Waals surface area contributed by atoms with Crippen molar-refractivity contribution in [3.63, 3.8) is 0 Å². The molecule has 1 atom stereocenters. The van der Waals surface area contributed by atoms with Crippen molar-refractivity contribution in [2.75, 3.05) is 13.1 Å². The third-order valence-electron chi connectivity index (χ3n) is 3.32. The van der Waals surface area contributed by atoms with Crippen LogP contribution in [0.3, 0.4) is 0 Å². The molecule has 0 aliphatic carbocycles. The van der Waals surface area contributed by atoms with Crippen molar-refractivity contribution < 1.29 is 4.74 Å². The molecule has 0 amide bonds. The third kappa shape index (κ3) is 3.24. The largest absolute Gasteiger partial charge is 0.488 e. The fraction of sp³-hybridized carbons (Fsp3) is 0.533. The molecule has 1 unspecified atom stereocenters. The monoisotopic (exact) mass is 244 g/mol. The van der Waals surface area contributed by atoms with Gasteiger partial charge < -0.3 is 10.1 Å². The minimum absolute atomic E-state index is 0.229. The van der Waals surface area contributed by atoms with Crippen LogP contribution in [0.2, 0.25) is 0 Å². The zero-order chi connectivity index (χ0) is 13.0. The van der Waals surface area contributed by atoms with Crippen LogP contribution in [-0.4, -0.2) is 19.2 Å². The van der Waals surface area contributed by atoms with Crippen LogP contribution in [0, 0.1) is 16.7 Å². The minimum atomic E-state index is -0.244. The Morgan fingerprint density at radius 1 is 1.44 bits per heavy atom. The average molecular weight is 244 g/mol. The summed E-state index contributed by atoms with van der Waals surface area (Å²) in [4.78, 5) is 0. The first-order valence-corrected chi connectivity index (χ1v) is 6.47. The number of hydrogen-bond acceptors (Lipinski definition) is 3. The van der Waals surface area contributed by atoms with Crippen LogP contribution in [0.4, 0.5) is 0 Å². The lowest BCUT2D eigenvalue weighted by Crippen LogP contribution is -2.32. The molecule has 96 valence electrons. The van der Waals surface area contributed by atoms with E-state index in [0.29, 0.717) is 0 Å². The van der Waals surface area contributed by atoms with E-state index in [4.69, 9.17) is 10.00 Å². The molecule has 2 rings (SSSR count). The van der Waals surface area contributed by atoms with Gasteiger partial charge in [0.15, 0.2) is 0 Å². The van der Waals surface area contributed by atoms with E-state index < -0.39 is 0 Å². The predicted octanol–water partition coefficient (Wildman–Crippen LogP) is 2.52. The molecule has 3 nitrogen and oxygen atoms in total. The molecule has 0 bridgehead atoms. The summed E-state index contributed by atoms with van der Waals surface area (Å²) in [6.07, 6.45) is 2.07. The van der Waals surface area contributed by atoms with Gasteiger partial charge in [-0.1, -0.05) is 18.2 Å². The number of ether oxygens (including phenoxy) is 1. The summed E-state index contributed by atoms with van der Waals surface area (Å²) in [5, 5.41) is 12.3. The van der Waals surface area contributed by atoms with Gasteiger partial charge in [0.2, 0.25) is 0 Å². The van der Waals surface area contributed by atoms with Crippen molar-refractivity contribution in [2.24, 2.45) is 5.41 Å². The fourth-order valence-corrected chi connectivity index (χ4v) is 2.09. The second-order valence-corrected chi connectivity index (χ2v) is 5.50. The fourth-order valence-electron chi connectivity index (χ4n) is 2.09. The maximum Gasteiger partial charge on any atom is 0.123 e. The van der Waals surface area contributed by atoms with E-state index in [2.05, 4.69) is 17.5 Å². The van der Waals surface area contributed by atoms with Crippen molar-refractivity contribution >= 4 is 0 Å². The van der Waals surface area contributed by atoms with Crippen LogP contribution in [0.5, 0.6) is 5.75 Å². The van der Waals surface area contributed by atoms with E-state index in [1.54, 1.807) is 0 Å². The normalized spacial score (nSPS) is 17.9. The number of fused-ring (bicyclic) bond motifs is 1. The molecule has 18 heavy (non-hydrogen) atoms. The zero-order valence-electron chi connectivity index (χ0n) is 11.1. The number of benzene rings is 1. The molecule has 1 aromatic rings. The Balaban J connectivity index is 1.70. The molecule has 3 heteroatoms. The summed E-state index contributed by atoms with van der Waals surface area (Å²) in [5.41, 5.74) is 1.05. The van der Waals surface area contributed by atoms with Crippen LogP contribution < -0.4 is 10.1 Å². The average Bonchev–Trinajstić information content (AvgIpc) is 2.77. The number of nitrogens with zero attached hydrogens (tertiary/aromatic N) is 1. The quantitative estimate of drug-likeness (QED) is 0.809. The lowest BCUT2D eigenvalue weighted by atomic mass is 9.91. The molecule has 0 fully saturated rings. The highest BCUT2D eigenvalue weighted by molar-refractivity contribution is 5.37. The highest BCUT2D eigenvalue weighted by atomic mass is 16.5. The summed E-state index contributed by atoms with van der Waals surface area (Å²) < 4.78 is 5.84. The lowest BCUT2D eigenvalue weighted by molar-refractivity contribution is 0.225. The number of para-hydroxylation sites is 1. The molecule has 0 aromatic heterocycles. The highest BCUT2D eigenvalue weighted by Gasteiger charge is 2.22. The van der Waals surface area contributed by atoms with Gasteiger partial charge >= 0.3 is 0 Å². The molecule has 0 saturated carbocycles. The molecule has 0 radical (unpaired) electrons. The lowest BCUT2D eigenvalue weighted by Gasteiger charge is -2.16. The summed E-state index contributed by atoms with van der Waals surface area (Å²) in [6.45, 7) is 5.64. The van der Waals surface area contributed by atoms with E-state index in [1.807, 2.05) is 32.0 Å². The Kier molecular flexibility index (Phi) is 3.88. The van der Waals surface area contributed by atoms with E-state index in [9.17, 15) is 0 Å². The van der Waals surface area contributed by atoms with Crippen LogP contribution in [-0.2, 0) is 6.42 Å². The third-order valence-corrected chi connectivity index (χ3v) is 3.32. The number of rotatable bonds is 5. The smallest absolute Gasteiger partial charge is 0.123 e. The Labute approximate surface area is 109 Å². The number of nitriles is 1. The summed E-state index contributed by atoms with van der Waals surface area (Å²) in [6, 6.07) is 10.5. The molecule has 1 N–H and O–H groups in total. The number of nitrogens with one attached hydrogen (secondary N) is 1. The molecule has 1 heterocycles. The molecule has 1 aliphatic rings. The van der Waals surface area contributed by atoms with E-state index in [1.165, 1.54) is 5.56 Å². The van der Waals surface area contributed by atoms with Gasteiger partial charge in [0, 0.05) is 13.0 Å². The first-order chi connectivity index (χ1) is 8.61. The molecule has 0 spiro atoms. The first-order valence-electron chi connectivity index (χ1n) is 6.47. The van der Waals surface area contributed by atoms with Gasteiger partial charge in [-0.05, 0) is 38.4 Å². The van der Waals surface area contributed by atoms with Crippen molar-refractivity contribution in [2.45, 2.75) is 32.8 Å². The van der Waals surface area contributed by atoms with Gasteiger partial charge in [-0.15, -0.1) is 0 Å². The molecule has 1 aliphatic heterocycles. The van der Waals surface area contributed by atoms with Crippen molar-refractivity contribution in [3.8, 4) is 11.8 Å². The van der Waals surface area contributed by atoms with E-state index >= 15 is 0 Å². The Bertz CT molecular complexity index is 423. The van der Waals surface area contributed by atoms with Crippen molar-refractivity contribution in [3.05, 3.63) is 29.8 Å². The Morgan fingerprint density at radius 3 is 2.94 bits per heavy atom. The Hall–Kier alpha value is -1.53. The number of hydrogen-bond donors (Lipinski definition) is 1. The standard InChI is InChI=1S/C15H20N2O/c1-15(2,11-16)7-8-17-10-13-9-12-5-3-4-6-14(12)18-13/h3-6,13,17H,7-10H2,1-2H3. The Morgan fingerprint density at radius 2 is 2.22 bits per heavy atom. The minimum Gasteiger partial charge on any atom is -0.488 e.